The predicted octanol–water partition coefficient (Wildman–Crippen LogP) is 5.33. The second-order valence-corrected chi connectivity index (χ2v) is 9.17. The summed E-state index contributed by atoms with van der Waals surface area (Å²) in [5.74, 6) is 2.30. The first-order valence-electron chi connectivity index (χ1n) is 10.8. The lowest BCUT2D eigenvalue weighted by atomic mass is 9.77. The van der Waals surface area contributed by atoms with E-state index in [2.05, 4.69) is 72.3 Å². The van der Waals surface area contributed by atoms with Gasteiger partial charge in [-0.15, -0.1) is 5.10 Å². The SMILES string of the molecule is Cc1ccccc1C1CCC(C2=NN(Cl)C3CN(C)Cc4ccccc4N23)CC1. The van der Waals surface area contributed by atoms with E-state index in [1.54, 1.807) is 4.53 Å². The number of fused-ring (bicyclic) bond motifs is 3. The van der Waals surface area contributed by atoms with Gasteiger partial charge in [-0.1, -0.05) is 42.5 Å². The number of benzene rings is 2. The van der Waals surface area contributed by atoms with Gasteiger partial charge in [-0.2, -0.15) is 4.53 Å². The molecule has 29 heavy (non-hydrogen) atoms. The van der Waals surface area contributed by atoms with Crippen LogP contribution in [0.25, 0.3) is 0 Å². The lowest BCUT2D eigenvalue weighted by Gasteiger charge is -2.34. The van der Waals surface area contributed by atoms with Crippen LogP contribution < -0.4 is 4.90 Å². The number of likely N-dealkylation sites (N-methyl/N-ethyl adjacent to an activating group) is 1. The molecule has 4 nitrogen and oxygen atoms in total. The molecule has 152 valence electrons. The molecular weight excluding hydrogens is 380 g/mol. The number of para-hydroxylation sites is 1. The van der Waals surface area contributed by atoms with Crippen molar-refractivity contribution in [1.82, 2.24) is 9.43 Å². The minimum Gasteiger partial charge on any atom is -0.303 e. The first-order valence-corrected chi connectivity index (χ1v) is 11.1. The highest BCUT2D eigenvalue weighted by molar-refractivity contribution is 6.16. The topological polar surface area (TPSA) is 22.1 Å². The van der Waals surface area contributed by atoms with Crippen molar-refractivity contribution in [2.24, 2.45) is 11.0 Å². The van der Waals surface area contributed by atoms with Crippen LogP contribution in [0, 0.1) is 12.8 Å². The molecule has 2 heterocycles. The van der Waals surface area contributed by atoms with Crippen molar-refractivity contribution in [3.63, 3.8) is 0 Å². The lowest BCUT2D eigenvalue weighted by Crippen LogP contribution is -2.46. The van der Waals surface area contributed by atoms with Crippen molar-refractivity contribution >= 4 is 23.3 Å². The van der Waals surface area contributed by atoms with Crippen LogP contribution in [0.15, 0.2) is 53.6 Å². The molecule has 1 aliphatic carbocycles. The van der Waals surface area contributed by atoms with E-state index >= 15 is 0 Å². The number of halogens is 1. The molecule has 3 aliphatic rings. The third-order valence-electron chi connectivity index (χ3n) is 6.88. The van der Waals surface area contributed by atoms with Crippen molar-refractivity contribution in [3.05, 3.63) is 65.2 Å². The van der Waals surface area contributed by atoms with Gasteiger partial charge in [-0.25, -0.2) is 0 Å². The van der Waals surface area contributed by atoms with Gasteiger partial charge in [0.25, 0.3) is 0 Å². The highest BCUT2D eigenvalue weighted by atomic mass is 35.5. The van der Waals surface area contributed by atoms with Crippen LogP contribution >= 0.6 is 11.8 Å². The van der Waals surface area contributed by atoms with E-state index in [9.17, 15) is 0 Å². The third kappa shape index (κ3) is 3.43. The molecule has 1 fully saturated rings. The lowest BCUT2D eigenvalue weighted by molar-refractivity contribution is 0.255. The summed E-state index contributed by atoms with van der Waals surface area (Å²) in [7, 11) is 2.16. The van der Waals surface area contributed by atoms with Crippen molar-refractivity contribution in [2.45, 2.75) is 51.2 Å². The number of amidine groups is 1. The average Bonchev–Trinajstić information content (AvgIpc) is 2.96. The number of nitrogens with zero attached hydrogens (tertiary/aromatic N) is 4. The van der Waals surface area contributed by atoms with Gasteiger partial charge in [0, 0.05) is 36.5 Å². The number of anilines is 1. The minimum absolute atomic E-state index is 0.0643. The van der Waals surface area contributed by atoms with Crippen molar-refractivity contribution in [2.75, 3.05) is 18.5 Å². The summed E-state index contributed by atoms with van der Waals surface area (Å²) in [6.07, 6.45) is 4.84. The quantitative estimate of drug-likeness (QED) is 0.627. The second kappa shape index (κ2) is 7.66. The Kier molecular flexibility index (Phi) is 5.00. The van der Waals surface area contributed by atoms with Gasteiger partial charge in [-0.3, -0.25) is 4.90 Å². The van der Waals surface area contributed by atoms with E-state index in [1.807, 2.05) is 0 Å². The van der Waals surface area contributed by atoms with Crippen LogP contribution in [-0.4, -0.2) is 35.0 Å². The zero-order valence-electron chi connectivity index (χ0n) is 17.3. The fraction of sp³-hybridized carbons (Fsp3) is 0.458. The second-order valence-electron chi connectivity index (χ2n) is 8.83. The van der Waals surface area contributed by atoms with Gasteiger partial charge < -0.3 is 4.90 Å². The van der Waals surface area contributed by atoms with E-state index in [0.717, 1.165) is 18.9 Å². The number of aryl methyl sites for hydroxylation is 1. The Morgan fingerprint density at radius 3 is 2.41 bits per heavy atom. The van der Waals surface area contributed by atoms with E-state index in [1.165, 1.54) is 48.1 Å². The van der Waals surface area contributed by atoms with Gasteiger partial charge in [-0.05, 0) is 68.3 Å². The normalized spacial score (nSPS) is 27.3. The number of hydrazone groups is 1. The summed E-state index contributed by atoms with van der Waals surface area (Å²) in [6.45, 7) is 4.06. The van der Waals surface area contributed by atoms with Crippen LogP contribution in [-0.2, 0) is 6.54 Å². The molecule has 0 saturated heterocycles. The molecule has 0 N–H and O–H groups in total. The molecule has 0 amide bonds. The Bertz CT molecular complexity index is 919. The molecular formula is C24H29ClN4. The number of hydrogen-bond acceptors (Lipinski definition) is 4. The summed E-state index contributed by atoms with van der Waals surface area (Å²) in [6, 6.07) is 17.6. The molecule has 0 radical (unpaired) electrons. The molecule has 2 aromatic carbocycles. The van der Waals surface area contributed by atoms with Gasteiger partial charge in [0.1, 0.15) is 5.84 Å². The van der Waals surface area contributed by atoms with Crippen LogP contribution in [0.5, 0.6) is 0 Å². The highest BCUT2D eigenvalue weighted by Gasteiger charge is 2.42. The summed E-state index contributed by atoms with van der Waals surface area (Å²) in [5, 5.41) is 4.86. The molecule has 5 heteroatoms. The molecule has 2 aromatic rings. The molecule has 2 aliphatic heterocycles. The first kappa shape index (κ1) is 19.0. The fourth-order valence-electron chi connectivity index (χ4n) is 5.39. The van der Waals surface area contributed by atoms with Crippen LogP contribution in [0.4, 0.5) is 5.69 Å². The largest absolute Gasteiger partial charge is 0.303 e. The van der Waals surface area contributed by atoms with Crippen LogP contribution in [0.1, 0.15) is 48.3 Å². The molecule has 1 unspecified atom stereocenters. The van der Waals surface area contributed by atoms with Crippen molar-refractivity contribution in [3.8, 4) is 0 Å². The summed E-state index contributed by atoms with van der Waals surface area (Å²) in [4.78, 5) is 4.76. The van der Waals surface area contributed by atoms with Crippen LogP contribution in [0.2, 0.25) is 0 Å². The summed E-state index contributed by atoms with van der Waals surface area (Å²) in [5.41, 5.74) is 5.57. The van der Waals surface area contributed by atoms with Crippen molar-refractivity contribution < 1.29 is 0 Å². The summed E-state index contributed by atoms with van der Waals surface area (Å²) < 4.78 is 1.67. The van der Waals surface area contributed by atoms with Gasteiger partial charge in [0.05, 0.1) is 0 Å². The maximum absolute atomic E-state index is 6.63. The van der Waals surface area contributed by atoms with E-state index in [0.29, 0.717) is 11.8 Å². The standard InChI is InChI=1S/C24H29ClN4/c1-17-7-3-5-9-21(17)18-11-13-19(14-12-18)24-26-29(25)23-16-27(2)15-20-8-4-6-10-22(20)28(23)24/h3-10,18-19,23H,11-16H2,1-2H3. The maximum atomic E-state index is 6.63. The van der Waals surface area contributed by atoms with Crippen molar-refractivity contribution in [1.29, 1.82) is 0 Å². The molecule has 0 bridgehead atoms. The zero-order valence-corrected chi connectivity index (χ0v) is 18.0. The van der Waals surface area contributed by atoms with Gasteiger partial charge >= 0.3 is 0 Å². The molecule has 1 atom stereocenters. The number of hydrogen-bond donors (Lipinski definition) is 0. The Balaban J connectivity index is 1.40. The number of rotatable bonds is 2. The van der Waals surface area contributed by atoms with Gasteiger partial charge in [0.15, 0.2) is 6.17 Å². The zero-order chi connectivity index (χ0) is 20.0. The Labute approximate surface area is 178 Å². The fourth-order valence-corrected chi connectivity index (χ4v) is 5.62. The Morgan fingerprint density at radius 1 is 0.931 bits per heavy atom. The first-order chi connectivity index (χ1) is 14.1. The monoisotopic (exact) mass is 408 g/mol. The summed E-state index contributed by atoms with van der Waals surface area (Å²) >= 11 is 6.63. The van der Waals surface area contributed by atoms with Crippen LogP contribution in [0.3, 0.4) is 0 Å². The average molecular weight is 409 g/mol. The molecule has 5 rings (SSSR count). The van der Waals surface area contributed by atoms with Gasteiger partial charge in [0.2, 0.25) is 0 Å². The highest BCUT2D eigenvalue weighted by Crippen LogP contribution is 2.42. The molecule has 0 spiro atoms. The minimum atomic E-state index is 0.0643. The Hall–Kier alpha value is -2.04. The third-order valence-corrected chi connectivity index (χ3v) is 7.18. The van der Waals surface area contributed by atoms with E-state index in [-0.39, 0.29) is 6.17 Å². The molecule has 0 aromatic heterocycles. The molecule has 1 saturated carbocycles. The predicted molar refractivity (Wildman–Crippen MR) is 120 cm³/mol. The van der Waals surface area contributed by atoms with E-state index < -0.39 is 0 Å². The smallest absolute Gasteiger partial charge is 0.154 e. The Morgan fingerprint density at radius 2 is 1.62 bits per heavy atom. The maximum Gasteiger partial charge on any atom is 0.154 e. The van der Waals surface area contributed by atoms with E-state index in [4.69, 9.17) is 16.9 Å².